The van der Waals surface area contributed by atoms with E-state index < -0.39 is 0 Å². The van der Waals surface area contributed by atoms with Gasteiger partial charge in [-0.1, -0.05) is 46.6 Å². The molecule has 0 aromatic heterocycles. The number of benzene rings is 1. The fourth-order valence-electron chi connectivity index (χ4n) is 2.23. The lowest BCUT2D eigenvalue weighted by Crippen LogP contribution is -1.96. The van der Waals surface area contributed by atoms with E-state index in [0.717, 1.165) is 34.1 Å². The van der Waals surface area contributed by atoms with Crippen LogP contribution in [0.25, 0.3) is 0 Å². The first kappa shape index (κ1) is 18.8. The number of thioether (sulfide) groups is 2. The number of aromatic hydroxyl groups is 1. The second-order valence-electron chi connectivity index (χ2n) is 5.31. The molecule has 1 N–H and O–H groups in total. The van der Waals surface area contributed by atoms with Crippen molar-refractivity contribution in [2.45, 2.75) is 76.0 Å². The van der Waals surface area contributed by atoms with Crippen molar-refractivity contribution in [1.29, 1.82) is 0 Å². The Balaban J connectivity index is 3.06. The summed E-state index contributed by atoms with van der Waals surface area (Å²) in [6.07, 6.45) is 6.83. The van der Waals surface area contributed by atoms with Gasteiger partial charge in [0.25, 0.3) is 0 Å². The Hall–Kier alpha value is -0.280. The normalized spacial score (nSPS) is 11.0. The lowest BCUT2D eigenvalue weighted by molar-refractivity contribution is 0.446. The molecule has 0 amide bonds. The fourth-order valence-corrected chi connectivity index (χ4v) is 4.83. The highest BCUT2D eigenvalue weighted by Crippen LogP contribution is 2.43. The van der Waals surface area contributed by atoms with Crippen LogP contribution in [-0.4, -0.2) is 16.6 Å². The Morgan fingerprint density at radius 3 is 1.57 bits per heavy atom. The lowest BCUT2D eigenvalue weighted by Gasteiger charge is -2.17. The number of hydrogen-bond acceptors (Lipinski definition) is 3. The van der Waals surface area contributed by atoms with Crippen LogP contribution in [0.5, 0.6) is 5.75 Å². The molecule has 0 atom stereocenters. The Bertz CT molecular complexity index is 393. The van der Waals surface area contributed by atoms with Gasteiger partial charge in [-0.25, -0.2) is 0 Å². The summed E-state index contributed by atoms with van der Waals surface area (Å²) in [6.45, 7) is 8.80. The zero-order chi connectivity index (χ0) is 15.7. The number of aryl methyl sites for hydroxylation is 2. The molecule has 1 nitrogen and oxygen atoms in total. The van der Waals surface area contributed by atoms with Crippen molar-refractivity contribution in [1.82, 2.24) is 0 Å². The lowest BCUT2D eigenvalue weighted by atomic mass is 10.1. The van der Waals surface area contributed by atoms with E-state index in [1.165, 1.54) is 36.8 Å². The van der Waals surface area contributed by atoms with Crippen molar-refractivity contribution < 1.29 is 5.11 Å². The average molecular weight is 327 g/mol. The van der Waals surface area contributed by atoms with Crippen LogP contribution in [0.2, 0.25) is 0 Å². The number of unbranched alkanes of at least 4 members (excludes halogenated alkanes) is 2. The fraction of sp³-hybridized carbons (Fsp3) is 0.667. The van der Waals surface area contributed by atoms with Crippen LogP contribution in [0.4, 0.5) is 0 Å². The van der Waals surface area contributed by atoms with Crippen LogP contribution in [0.3, 0.4) is 0 Å². The summed E-state index contributed by atoms with van der Waals surface area (Å²) in [7, 11) is 0. The third-order valence-electron chi connectivity index (χ3n) is 3.61. The van der Waals surface area contributed by atoms with Crippen LogP contribution in [-0.2, 0) is 12.8 Å². The van der Waals surface area contributed by atoms with Crippen LogP contribution < -0.4 is 0 Å². The van der Waals surface area contributed by atoms with Crippen molar-refractivity contribution in [3.63, 3.8) is 0 Å². The molecule has 120 valence electrons. The van der Waals surface area contributed by atoms with Gasteiger partial charge in [-0.05, 0) is 48.3 Å². The quantitative estimate of drug-likeness (QED) is 0.402. The monoisotopic (exact) mass is 326 g/mol. The summed E-state index contributed by atoms with van der Waals surface area (Å²) >= 11 is 3.66. The van der Waals surface area contributed by atoms with E-state index in [1.54, 1.807) is 0 Å². The summed E-state index contributed by atoms with van der Waals surface area (Å²) in [5, 5.41) is 10.8. The van der Waals surface area contributed by atoms with Crippen LogP contribution in [0.1, 0.15) is 64.5 Å². The average Bonchev–Trinajstić information content (AvgIpc) is 2.50. The molecule has 0 aliphatic rings. The zero-order valence-electron chi connectivity index (χ0n) is 14.0. The Morgan fingerprint density at radius 1 is 0.810 bits per heavy atom. The molecule has 0 spiro atoms. The van der Waals surface area contributed by atoms with E-state index in [-0.39, 0.29) is 0 Å². The molecule has 1 rings (SSSR count). The molecule has 1 aromatic carbocycles. The highest BCUT2D eigenvalue weighted by atomic mass is 32.2. The maximum Gasteiger partial charge on any atom is 0.143 e. The minimum absolute atomic E-state index is 0.549. The summed E-state index contributed by atoms with van der Waals surface area (Å²) in [4.78, 5) is 2.25. The van der Waals surface area contributed by atoms with Gasteiger partial charge in [-0.15, -0.1) is 23.5 Å². The van der Waals surface area contributed by atoms with Gasteiger partial charge in [0, 0.05) is 0 Å². The predicted molar refractivity (Wildman–Crippen MR) is 98.1 cm³/mol. The summed E-state index contributed by atoms with van der Waals surface area (Å²) < 4.78 is 0. The van der Waals surface area contributed by atoms with Gasteiger partial charge in [0.1, 0.15) is 5.75 Å². The Morgan fingerprint density at radius 2 is 1.24 bits per heavy atom. The van der Waals surface area contributed by atoms with Gasteiger partial charge in [-0.2, -0.15) is 0 Å². The van der Waals surface area contributed by atoms with Crippen LogP contribution in [0, 0.1) is 0 Å². The molecule has 0 saturated heterocycles. The predicted octanol–water partition coefficient (Wildman–Crippen LogP) is 6.30. The second-order valence-corrected chi connectivity index (χ2v) is 7.52. The standard InChI is InChI=1S/C18H30OS2/c1-5-9-11-20-17-14(7-3)13-15(8-4)18(16(17)19)21-12-10-6-2/h13,19H,5-12H2,1-4H3. The summed E-state index contributed by atoms with van der Waals surface area (Å²) in [5.74, 6) is 2.75. The van der Waals surface area contributed by atoms with Crippen molar-refractivity contribution in [2.75, 3.05) is 11.5 Å². The molecule has 0 radical (unpaired) electrons. The topological polar surface area (TPSA) is 20.2 Å². The largest absolute Gasteiger partial charge is 0.506 e. The Labute approximate surface area is 139 Å². The molecule has 3 heteroatoms. The summed E-state index contributed by atoms with van der Waals surface area (Å²) in [5.41, 5.74) is 2.62. The van der Waals surface area contributed by atoms with E-state index >= 15 is 0 Å². The maximum atomic E-state index is 10.8. The first-order valence-corrected chi connectivity index (χ1v) is 10.3. The second kappa shape index (κ2) is 10.4. The SMILES string of the molecule is CCCCSc1c(CC)cc(CC)c(SCCCC)c1O. The van der Waals surface area contributed by atoms with Gasteiger partial charge in [0.2, 0.25) is 0 Å². The van der Waals surface area contributed by atoms with Gasteiger partial charge in [0.15, 0.2) is 0 Å². The molecule has 0 bridgehead atoms. The van der Waals surface area contributed by atoms with E-state index in [4.69, 9.17) is 0 Å². The van der Waals surface area contributed by atoms with Gasteiger partial charge >= 0.3 is 0 Å². The molecule has 1 aromatic rings. The molecular weight excluding hydrogens is 296 g/mol. The highest BCUT2D eigenvalue weighted by Gasteiger charge is 2.16. The van der Waals surface area contributed by atoms with Crippen LogP contribution >= 0.6 is 23.5 Å². The first-order valence-electron chi connectivity index (χ1n) is 8.32. The molecule has 0 aliphatic heterocycles. The number of hydrogen-bond donors (Lipinski definition) is 1. The maximum absolute atomic E-state index is 10.8. The molecule has 21 heavy (non-hydrogen) atoms. The van der Waals surface area contributed by atoms with Crippen molar-refractivity contribution in [2.24, 2.45) is 0 Å². The van der Waals surface area contributed by atoms with Crippen molar-refractivity contribution in [3.05, 3.63) is 17.2 Å². The number of phenolic OH excluding ortho intramolecular Hbond substituents is 1. The smallest absolute Gasteiger partial charge is 0.143 e. The number of phenols is 1. The zero-order valence-corrected chi connectivity index (χ0v) is 15.6. The molecule has 0 unspecified atom stereocenters. The van der Waals surface area contributed by atoms with Crippen LogP contribution in [0.15, 0.2) is 15.9 Å². The van der Waals surface area contributed by atoms with Crippen molar-refractivity contribution >= 4 is 23.5 Å². The van der Waals surface area contributed by atoms with E-state index in [0.29, 0.717) is 5.75 Å². The van der Waals surface area contributed by atoms with E-state index in [2.05, 4.69) is 33.8 Å². The Kier molecular flexibility index (Phi) is 9.34. The van der Waals surface area contributed by atoms with Gasteiger partial charge < -0.3 is 5.11 Å². The van der Waals surface area contributed by atoms with Gasteiger partial charge in [-0.3, -0.25) is 0 Å². The molecule has 0 heterocycles. The minimum atomic E-state index is 0.549. The molecule has 0 fully saturated rings. The third kappa shape index (κ3) is 5.45. The molecular formula is C18H30OS2. The molecule has 0 aliphatic carbocycles. The van der Waals surface area contributed by atoms with Gasteiger partial charge in [0.05, 0.1) is 9.79 Å². The summed E-state index contributed by atoms with van der Waals surface area (Å²) in [6, 6.07) is 2.32. The highest BCUT2D eigenvalue weighted by molar-refractivity contribution is 8.00. The first-order chi connectivity index (χ1) is 10.2. The van der Waals surface area contributed by atoms with E-state index in [9.17, 15) is 5.11 Å². The van der Waals surface area contributed by atoms with Crippen molar-refractivity contribution in [3.8, 4) is 5.75 Å². The third-order valence-corrected chi connectivity index (χ3v) is 6.09. The minimum Gasteiger partial charge on any atom is -0.506 e. The molecule has 0 saturated carbocycles. The number of rotatable bonds is 10. The van der Waals surface area contributed by atoms with E-state index in [1.807, 2.05) is 23.5 Å².